The third-order valence-electron chi connectivity index (χ3n) is 7.69. The van der Waals surface area contributed by atoms with Crippen LogP contribution in [0.25, 0.3) is 10.8 Å². The molecule has 5 heteroatoms. The van der Waals surface area contributed by atoms with E-state index in [9.17, 15) is 14.4 Å². The Bertz CT molecular complexity index is 993. The molecule has 2 aromatic rings. The molecule has 4 aliphatic rings. The van der Waals surface area contributed by atoms with E-state index in [-0.39, 0.29) is 35.9 Å². The van der Waals surface area contributed by atoms with E-state index >= 15 is 0 Å². The molecule has 0 unspecified atom stereocenters. The third kappa shape index (κ3) is 4.36. The van der Waals surface area contributed by atoms with Gasteiger partial charge in [0.15, 0.2) is 5.78 Å². The number of hydrazine groups is 1. The minimum absolute atomic E-state index is 0.0588. The molecule has 0 radical (unpaired) electrons. The standard InChI is InChI=1S/C26H30N2O3/c29-23(22-6-5-20-3-1-2-4-21(20)12-22)7-8-24(30)27-28-25(31)16-26-13-17-9-18(14-26)11-19(10-17)15-26/h1-6,12,17-19H,7-11,13-16H2,(H,27,30)(H,28,31). The number of Topliss-reactive ketones (excluding diaryl/α,β-unsaturated/α-hetero) is 1. The van der Waals surface area contributed by atoms with Crippen LogP contribution >= 0.6 is 0 Å². The van der Waals surface area contributed by atoms with Gasteiger partial charge in [-0.3, -0.25) is 25.2 Å². The maximum absolute atomic E-state index is 12.5. The predicted molar refractivity (Wildman–Crippen MR) is 119 cm³/mol. The van der Waals surface area contributed by atoms with Gasteiger partial charge in [-0.15, -0.1) is 0 Å². The van der Waals surface area contributed by atoms with Crippen LogP contribution < -0.4 is 10.9 Å². The molecule has 2 aromatic carbocycles. The molecule has 162 valence electrons. The van der Waals surface area contributed by atoms with E-state index in [1.807, 2.05) is 36.4 Å². The van der Waals surface area contributed by atoms with E-state index in [0.717, 1.165) is 28.5 Å². The zero-order valence-electron chi connectivity index (χ0n) is 17.9. The molecule has 4 saturated carbocycles. The molecule has 0 atom stereocenters. The summed E-state index contributed by atoms with van der Waals surface area (Å²) in [5, 5.41) is 2.09. The molecular formula is C26H30N2O3. The Morgan fingerprint density at radius 3 is 2.06 bits per heavy atom. The Labute approximate surface area is 182 Å². The van der Waals surface area contributed by atoms with Crippen LogP contribution in [-0.4, -0.2) is 17.6 Å². The lowest BCUT2D eigenvalue weighted by Gasteiger charge is -2.56. The largest absolute Gasteiger partial charge is 0.294 e. The Hall–Kier alpha value is -2.69. The van der Waals surface area contributed by atoms with E-state index < -0.39 is 0 Å². The molecule has 0 spiro atoms. The fraction of sp³-hybridized carbons (Fsp3) is 0.500. The fourth-order valence-electron chi connectivity index (χ4n) is 6.83. The van der Waals surface area contributed by atoms with Crippen LogP contribution in [0.2, 0.25) is 0 Å². The third-order valence-corrected chi connectivity index (χ3v) is 7.69. The average Bonchev–Trinajstić information content (AvgIpc) is 2.74. The molecule has 31 heavy (non-hydrogen) atoms. The van der Waals surface area contributed by atoms with Crippen molar-refractivity contribution in [2.75, 3.05) is 0 Å². The van der Waals surface area contributed by atoms with Crippen molar-refractivity contribution in [2.45, 2.75) is 57.8 Å². The summed E-state index contributed by atoms with van der Waals surface area (Å²) >= 11 is 0. The molecule has 4 fully saturated rings. The summed E-state index contributed by atoms with van der Waals surface area (Å²) in [7, 11) is 0. The number of hydrogen-bond donors (Lipinski definition) is 2. The van der Waals surface area contributed by atoms with Crippen LogP contribution in [0.5, 0.6) is 0 Å². The van der Waals surface area contributed by atoms with Crippen LogP contribution in [0.1, 0.15) is 68.1 Å². The van der Waals surface area contributed by atoms with Crippen molar-refractivity contribution in [1.29, 1.82) is 0 Å². The molecule has 6 rings (SSSR count). The quantitative estimate of drug-likeness (QED) is 0.534. The van der Waals surface area contributed by atoms with Gasteiger partial charge in [0.05, 0.1) is 0 Å². The number of carbonyl (C=O) groups is 3. The van der Waals surface area contributed by atoms with Gasteiger partial charge >= 0.3 is 0 Å². The highest BCUT2D eigenvalue weighted by atomic mass is 16.2. The Balaban J connectivity index is 1.08. The maximum atomic E-state index is 12.5. The number of benzene rings is 2. The molecule has 0 aliphatic heterocycles. The molecule has 4 bridgehead atoms. The van der Waals surface area contributed by atoms with Gasteiger partial charge in [-0.05, 0) is 78.5 Å². The molecule has 4 aliphatic carbocycles. The number of fused-ring (bicyclic) bond motifs is 1. The highest BCUT2D eigenvalue weighted by Crippen LogP contribution is 2.61. The van der Waals surface area contributed by atoms with Gasteiger partial charge in [0.1, 0.15) is 0 Å². The summed E-state index contributed by atoms with van der Waals surface area (Å²) in [5.74, 6) is 1.91. The Kier molecular flexibility index (Phi) is 5.28. The van der Waals surface area contributed by atoms with Gasteiger partial charge in [0.25, 0.3) is 0 Å². The first kappa shape index (κ1) is 20.2. The van der Waals surface area contributed by atoms with Crippen LogP contribution in [0.3, 0.4) is 0 Å². The molecule has 2 N–H and O–H groups in total. The van der Waals surface area contributed by atoms with Crippen molar-refractivity contribution in [3.63, 3.8) is 0 Å². The molecule has 0 aromatic heterocycles. The molecule has 0 heterocycles. The smallest absolute Gasteiger partial charge is 0.238 e. The first-order chi connectivity index (χ1) is 15.0. The monoisotopic (exact) mass is 418 g/mol. The zero-order valence-corrected chi connectivity index (χ0v) is 17.9. The molecule has 5 nitrogen and oxygen atoms in total. The molecule has 0 saturated heterocycles. The summed E-state index contributed by atoms with van der Waals surface area (Å²) in [6.07, 6.45) is 8.24. The number of carbonyl (C=O) groups excluding carboxylic acids is 3. The van der Waals surface area contributed by atoms with Gasteiger partial charge in [0, 0.05) is 24.8 Å². The average molecular weight is 419 g/mol. The van der Waals surface area contributed by atoms with Crippen LogP contribution in [0.15, 0.2) is 42.5 Å². The zero-order chi connectivity index (χ0) is 21.4. The van der Waals surface area contributed by atoms with E-state index in [1.54, 1.807) is 6.07 Å². The summed E-state index contributed by atoms with van der Waals surface area (Å²) in [5.41, 5.74) is 5.86. The maximum Gasteiger partial charge on any atom is 0.238 e. The first-order valence-electron chi connectivity index (χ1n) is 11.6. The van der Waals surface area contributed by atoms with E-state index in [0.29, 0.717) is 12.0 Å². The minimum atomic E-state index is -0.326. The number of nitrogens with one attached hydrogen (secondary N) is 2. The van der Waals surface area contributed by atoms with Crippen LogP contribution in [0, 0.1) is 23.2 Å². The summed E-state index contributed by atoms with van der Waals surface area (Å²) in [6.45, 7) is 0. The first-order valence-corrected chi connectivity index (χ1v) is 11.6. The summed E-state index contributed by atoms with van der Waals surface area (Å²) in [4.78, 5) is 37.2. The van der Waals surface area contributed by atoms with Crippen molar-refractivity contribution in [2.24, 2.45) is 23.2 Å². The second-order valence-electron chi connectivity index (χ2n) is 10.2. The Morgan fingerprint density at radius 2 is 1.39 bits per heavy atom. The van der Waals surface area contributed by atoms with Gasteiger partial charge in [-0.1, -0.05) is 36.4 Å². The van der Waals surface area contributed by atoms with Gasteiger partial charge in [-0.25, -0.2) is 0 Å². The highest BCUT2D eigenvalue weighted by Gasteiger charge is 2.51. The van der Waals surface area contributed by atoms with Crippen LogP contribution in [-0.2, 0) is 9.59 Å². The van der Waals surface area contributed by atoms with Crippen molar-refractivity contribution in [1.82, 2.24) is 10.9 Å². The lowest BCUT2D eigenvalue weighted by atomic mass is 9.49. The van der Waals surface area contributed by atoms with E-state index in [2.05, 4.69) is 10.9 Å². The van der Waals surface area contributed by atoms with E-state index in [4.69, 9.17) is 0 Å². The van der Waals surface area contributed by atoms with Crippen molar-refractivity contribution < 1.29 is 14.4 Å². The fourth-order valence-corrected chi connectivity index (χ4v) is 6.83. The lowest BCUT2D eigenvalue weighted by molar-refractivity contribution is -0.134. The molecular weight excluding hydrogens is 388 g/mol. The minimum Gasteiger partial charge on any atom is -0.294 e. The SMILES string of the molecule is O=C(CCC(=O)c1ccc2ccccc2c1)NNC(=O)CC12CC3CC(CC(C3)C1)C2. The normalized spacial score (nSPS) is 28.5. The lowest BCUT2D eigenvalue weighted by Crippen LogP contribution is -2.50. The number of rotatable bonds is 6. The van der Waals surface area contributed by atoms with Crippen LogP contribution in [0.4, 0.5) is 0 Å². The number of ketones is 1. The van der Waals surface area contributed by atoms with Crippen molar-refractivity contribution >= 4 is 28.4 Å². The number of hydrogen-bond acceptors (Lipinski definition) is 3. The van der Waals surface area contributed by atoms with E-state index in [1.165, 1.54) is 38.5 Å². The molecule has 2 amide bonds. The number of amides is 2. The second-order valence-corrected chi connectivity index (χ2v) is 10.2. The van der Waals surface area contributed by atoms with Gasteiger partial charge in [-0.2, -0.15) is 0 Å². The Morgan fingerprint density at radius 1 is 0.774 bits per heavy atom. The van der Waals surface area contributed by atoms with Crippen molar-refractivity contribution in [3.8, 4) is 0 Å². The topological polar surface area (TPSA) is 75.3 Å². The predicted octanol–water partition coefficient (Wildman–Crippen LogP) is 4.56. The van der Waals surface area contributed by atoms with Crippen molar-refractivity contribution in [3.05, 3.63) is 48.0 Å². The van der Waals surface area contributed by atoms with Gasteiger partial charge < -0.3 is 0 Å². The van der Waals surface area contributed by atoms with Gasteiger partial charge in [0.2, 0.25) is 11.8 Å². The summed E-state index contributed by atoms with van der Waals surface area (Å²) < 4.78 is 0. The summed E-state index contributed by atoms with van der Waals surface area (Å²) in [6, 6.07) is 13.5. The highest BCUT2D eigenvalue weighted by molar-refractivity contribution is 6.01. The second kappa shape index (κ2) is 8.10.